The SMILES string of the molecule is CCOc1ccc(N(CC(=O)NC(c2ccccc2)c2ccccc2)S(C)(=O)=O)cc1. The monoisotopic (exact) mass is 438 g/mol. The summed E-state index contributed by atoms with van der Waals surface area (Å²) in [5.74, 6) is 0.231. The number of sulfonamides is 1. The fourth-order valence-electron chi connectivity index (χ4n) is 3.26. The Bertz CT molecular complexity index is 1050. The van der Waals surface area contributed by atoms with Crippen LogP contribution in [-0.4, -0.2) is 33.7 Å². The molecule has 0 aliphatic rings. The van der Waals surface area contributed by atoms with Crippen LogP contribution in [0.3, 0.4) is 0 Å². The Morgan fingerprint density at radius 2 is 1.42 bits per heavy atom. The second kappa shape index (κ2) is 10.1. The van der Waals surface area contributed by atoms with Gasteiger partial charge in [-0.1, -0.05) is 60.7 Å². The number of ether oxygens (including phenoxy) is 1. The molecule has 1 N–H and O–H groups in total. The van der Waals surface area contributed by atoms with E-state index in [1.807, 2.05) is 67.6 Å². The third-order valence-electron chi connectivity index (χ3n) is 4.69. The van der Waals surface area contributed by atoms with Crippen molar-refractivity contribution in [1.29, 1.82) is 0 Å². The van der Waals surface area contributed by atoms with E-state index in [0.29, 0.717) is 18.0 Å². The number of nitrogens with one attached hydrogen (secondary N) is 1. The van der Waals surface area contributed by atoms with Crippen molar-refractivity contribution < 1.29 is 17.9 Å². The van der Waals surface area contributed by atoms with E-state index >= 15 is 0 Å². The normalized spacial score (nSPS) is 11.2. The van der Waals surface area contributed by atoms with Gasteiger partial charge in [0.1, 0.15) is 12.3 Å². The Morgan fingerprint density at radius 3 is 1.87 bits per heavy atom. The molecule has 0 atom stereocenters. The second-order valence-corrected chi connectivity index (χ2v) is 8.93. The van der Waals surface area contributed by atoms with Crippen molar-refractivity contribution in [3.05, 3.63) is 96.1 Å². The molecule has 0 spiro atoms. The van der Waals surface area contributed by atoms with Crippen LogP contribution in [0.1, 0.15) is 24.1 Å². The molecule has 0 saturated heterocycles. The standard InChI is InChI=1S/C24H26N2O4S/c1-3-30-22-16-14-21(15-17-22)26(31(2,28)29)18-23(27)25-24(19-10-6-4-7-11-19)20-12-8-5-9-13-20/h4-17,24H,3,18H2,1-2H3,(H,25,27). The van der Waals surface area contributed by atoms with Crippen LogP contribution >= 0.6 is 0 Å². The van der Waals surface area contributed by atoms with Crippen LogP contribution < -0.4 is 14.4 Å². The van der Waals surface area contributed by atoms with Crippen molar-refractivity contribution in [3.8, 4) is 5.75 Å². The average Bonchev–Trinajstić information content (AvgIpc) is 2.77. The highest BCUT2D eigenvalue weighted by molar-refractivity contribution is 7.92. The van der Waals surface area contributed by atoms with Crippen molar-refractivity contribution in [1.82, 2.24) is 5.32 Å². The molecule has 0 aliphatic heterocycles. The molecule has 6 nitrogen and oxygen atoms in total. The van der Waals surface area contributed by atoms with E-state index in [2.05, 4.69) is 5.32 Å². The molecule has 0 aromatic heterocycles. The summed E-state index contributed by atoms with van der Waals surface area (Å²) in [6, 6.07) is 25.4. The fraction of sp³-hybridized carbons (Fsp3) is 0.208. The molecule has 3 aromatic carbocycles. The van der Waals surface area contributed by atoms with Gasteiger partial charge < -0.3 is 10.1 Å². The number of rotatable bonds is 9. The van der Waals surface area contributed by atoms with Gasteiger partial charge in [0.25, 0.3) is 0 Å². The van der Waals surface area contributed by atoms with Gasteiger partial charge in [0, 0.05) is 0 Å². The minimum atomic E-state index is -3.67. The highest BCUT2D eigenvalue weighted by Crippen LogP contribution is 2.24. The van der Waals surface area contributed by atoms with E-state index in [4.69, 9.17) is 4.74 Å². The molecule has 0 saturated carbocycles. The van der Waals surface area contributed by atoms with Crippen molar-refractivity contribution in [3.63, 3.8) is 0 Å². The van der Waals surface area contributed by atoms with E-state index in [0.717, 1.165) is 21.7 Å². The fourth-order valence-corrected chi connectivity index (χ4v) is 4.12. The van der Waals surface area contributed by atoms with Gasteiger partial charge in [-0.15, -0.1) is 0 Å². The first-order valence-corrected chi connectivity index (χ1v) is 11.8. The first-order valence-electron chi connectivity index (χ1n) is 9.98. The Labute approximate surface area is 183 Å². The van der Waals surface area contributed by atoms with Crippen LogP contribution in [0.15, 0.2) is 84.9 Å². The number of carbonyl (C=O) groups is 1. The number of carbonyl (C=O) groups excluding carboxylic acids is 1. The molecule has 3 rings (SSSR count). The van der Waals surface area contributed by atoms with Crippen LogP contribution in [0.4, 0.5) is 5.69 Å². The molecule has 3 aromatic rings. The number of hydrogen-bond donors (Lipinski definition) is 1. The highest BCUT2D eigenvalue weighted by atomic mass is 32.2. The maximum atomic E-state index is 13.0. The van der Waals surface area contributed by atoms with Gasteiger partial charge in [-0.3, -0.25) is 9.10 Å². The number of amides is 1. The van der Waals surface area contributed by atoms with Gasteiger partial charge in [-0.05, 0) is 42.3 Å². The predicted octanol–water partition coefficient (Wildman–Crippen LogP) is 3.76. The minimum Gasteiger partial charge on any atom is -0.494 e. The lowest BCUT2D eigenvalue weighted by atomic mass is 9.99. The van der Waals surface area contributed by atoms with Gasteiger partial charge >= 0.3 is 0 Å². The van der Waals surface area contributed by atoms with Crippen LogP contribution in [0.2, 0.25) is 0 Å². The zero-order chi connectivity index (χ0) is 22.3. The van der Waals surface area contributed by atoms with Crippen molar-refractivity contribution in [2.24, 2.45) is 0 Å². The zero-order valence-corrected chi connectivity index (χ0v) is 18.4. The van der Waals surface area contributed by atoms with Crippen molar-refractivity contribution in [2.75, 3.05) is 23.7 Å². The summed E-state index contributed by atoms with van der Waals surface area (Å²) in [5.41, 5.74) is 2.22. The summed E-state index contributed by atoms with van der Waals surface area (Å²) in [6.07, 6.45) is 1.09. The molecular formula is C24H26N2O4S. The Kier molecular flexibility index (Phi) is 7.31. The topological polar surface area (TPSA) is 75.7 Å². The average molecular weight is 439 g/mol. The number of nitrogens with zero attached hydrogens (tertiary/aromatic N) is 1. The third kappa shape index (κ3) is 6.08. The van der Waals surface area contributed by atoms with E-state index in [1.165, 1.54) is 0 Å². The number of benzene rings is 3. The minimum absolute atomic E-state index is 0.330. The highest BCUT2D eigenvalue weighted by Gasteiger charge is 2.23. The Morgan fingerprint density at radius 1 is 0.903 bits per heavy atom. The van der Waals surface area contributed by atoms with Gasteiger partial charge in [-0.25, -0.2) is 8.42 Å². The first-order chi connectivity index (χ1) is 14.9. The van der Waals surface area contributed by atoms with E-state index in [1.54, 1.807) is 24.3 Å². The number of anilines is 1. The Hall–Kier alpha value is -3.32. The van der Waals surface area contributed by atoms with Gasteiger partial charge in [0.05, 0.1) is 24.6 Å². The van der Waals surface area contributed by atoms with Gasteiger partial charge in [0.15, 0.2) is 0 Å². The van der Waals surface area contributed by atoms with Crippen LogP contribution in [0.25, 0.3) is 0 Å². The zero-order valence-electron chi connectivity index (χ0n) is 17.6. The van der Waals surface area contributed by atoms with Gasteiger partial charge in [-0.2, -0.15) is 0 Å². The smallest absolute Gasteiger partial charge is 0.241 e. The van der Waals surface area contributed by atoms with Crippen molar-refractivity contribution in [2.45, 2.75) is 13.0 Å². The van der Waals surface area contributed by atoms with Crippen LogP contribution in [0, 0.1) is 0 Å². The summed E-state index contributed by atoms with van der Waals surface area (Å²) in [7, 11) is -3.67. The summed E-state index contributed by atoms with van der Waals surface area (Å²) in [6.45, 7) is 2.05. The molecule has 31 heavy (non-hydrogen) atoms. The number of hydrogen-bond acceptors (Lipinski definition) is 4. The molecule has 0 radical (unpaired) electrons. The Balaban J connectivity index is 1.83. The maximum Gasteiger partial charge on any atom is 0.241 e. The van der Waals surface area contributed by atoms with Gasteiger partial charge in [0.2, 0.25) is 15.9 Å². The molecular weight excluding hydrogens is 412 g/mol. The molecule has 1 amide bonds. The van der Waals surface area contributed by atoms with Crippen LogP contribution in [0.5, 0.6) is 5.75 Å². The summed E-state index contributed by atoms with van der Waals surface area (Å²) in [5, 5.41) is 2.98. The van der Waals surface area contributed by atoms with E-state index < -0.39 is 22.0 Å². The quantitative estimate of drug-likeness (QED) is 0.552. The lowest BCUT2D eigenvalue weighted by Gasteiger charge is -2.25. The predicted molar refractivity (Wildman–Crippen MR) is 123 cm³/mol. The maximum absolute atomic E-state index is 13.0. The first kappa shape index (κ1) is 22.4. The molecule has 162 valence electrons. The summed E-state index contributed by atoms with van der Waals surface area (Å²) < 4.78 is 31.3. The lowest BCUT2D eigenvalue weighted by molar-refractivity contribution is -0.120. The second-order valence-electron chi connectivity index (χ2n) is 7.02. The lowest BCUT2D eigenvalue weighted by Crippen LogP contribution is -2.41. The molecule has 0 bridgehead atoms. The molecule has 7 heteroatoms. The van der Waals surface area contributed by atoms with E-state index in [9.17, 15) is 13.2 Å². The molecule has 0 fully saturated rings. The van der Waals surface area contributed by atoms with E-state index in [-0.39, 0.29) is 6.54 Å². The molecule has 0 heterocycles. The van der Waals surface area contributed by atoms with Crippen molar-refractivity contribution >= 4 is 21.6 Å². The summed E-state index contributed by atoms with van der Waals surface area (Å²) in [4.78, 5) is 13.0. The largest absolute Gasteiger partial charge is 0.494 e. The van der Waals surface area contributed by atoms with Crippen LogP contribution in [-0.2, 0) is 14.8 Å². The molecule has 0 unspecified atom stereocenters. The molecule has 0 aliphatic carbocycles. The third-order valence-corrected chi connectivity index (χ3v) is 5.83. The summed E-state index contributed by atoms with van der Waals surface area (Å²) >= 11 is 0.